The van der Waals surface area contributed by atoms with Crippen molar-refractivity contribution in [3.63, 3.8) is 0 Å². The van der Waals surface area contributed by atoms with E-state index in [9.17, 15) is 10.1 Å². The maximum Gasteiger partial charge on any atom is 0.148 e. The molecule has 4 nitrogen and oxygen atoms in total. The molecule has 0 unspecified atom stereocenters. The molecule has 0 aromatic carbocycles. The quantitative estimate of drug-likeness (QED) is 0.738. The third-order valence-electron chi connectivity index (χ3n) is 4.25. The Bertz CT molecular complexity index is 831. The Morgan fingerprint density at radius 3 is 2.67 bits per heavy atom. The minimum atomic E-state index is -0.368. The Morgan fingerprint density at radius 2 is 2.11 bits per heavy atom. The largest absolute Gasteiger partial charge is 0.397 e. The van der Waals surface area contributed by atoms with E-state index >= 15 is 0 Å². The van der Waals surface area contributed by atoms with Crippen LogP contribution in [0.3, 0.4) is 0 Å². The molecule has 6 heteroatoms. The van der Waals surface area contributed by atoms with E-state index < -0.39 is 0 Å². The van der Waals surface area contributed by atoms with Crippen LogP contribution in [0.2, 0.25) is 0 Å². The van der Waals surface area contributed by atoms with Crippen LogP contribution in [-0.2, 0) is 17.6 Å². The van der Waals surface area contributed by atoms with E-state index in [4.69, 9.17) is 10.1 Å². The number of aliphatic hydroxyl groups is 1. The molecule has 144 valence electrons. The summed E-state index contributed by atoms with van der Waals surface area (Å²) in [6.45, 7) is 7.71. The number of aryl methyl sites for hydroxylation is 1. The number of Topliss-reactive ketones (excluding diaryl/α,β-unsaturated/α-hetero) is 1. The van der Waals surface area contributed by atoms with E-state index in [0.29, 0.717) is 16.3 Å². The molecule has 0 saturated heterocycles. The van der Waals surface area contributed by atoms with E-state index in [-0.39, 0.29) is 17.8 Å². The minimum Gasteiger partial charge on any atom is -0.397 e. The highest BCUT2D eigenvalue weighted by Gasteiger charge is 2.26. The van der Waals surface area contributed by atoms with Gasteiger partial charge < -0.3 is 5.11 Å². The molecular weight excluding hydrogens is 376 g/mol. The van der Waals surface area contributed by atoms with Gasteiger partial charge in [-0.2, -0.15) is 5.26 Å². The van der Waals surface area contributed by atoms with E-state index in [1.54, 1.807) is 18.3 Å². The number of carbonyl (C=O) groups excluding carboxylic acids is 1. The van der Waals surface area contributed by atoms with Gasteiger partial charge in [0.05, 0.1) is 11.3 Å². The van der Waals surface area contributed by atoms with Crippen molar-refractivity contribution in [2.75, 3.05) is 12.4 Å². The first kappa shape index (κ1) is 21.6. The first-order valence-corrected chi connectivity index (χ1v) is 11.0. The predicted molar refractivity (Wildman–Crippen MR) is 112 cm³/mol. The van der Waals surface area contributed by atoms with E-state index in [2.05, 4.69) is 12.1 Å². The van der Waals surface area contributed by atoms with Gasteiger partial charge >= 0.3 is 0 Å². The zero-order chi connectivity index (χ0) is 20.0. The minimum absolute atomic E-state index is 0.177. The molecule has 1 aliphatic carbocycles. The van der Waals surface area contributed by atoms with Gasteiger partial charge in [0.1, 0.15) is 16.9 Å². The number of pyridine rings is 1. The standard InChI is InChI=1S/C19H20N2OS2.C2H6O/c1-19(2,3)16(22)11-24-18-13(10-20)17(15-8-5-9-23-15)12-6-4-7-14(12)21-18;1-2-3/h5,8-9H,4,6-7,11H2,1-3H3;3H,2H2,1H3. The van der Waals surface area contributed by atoms with Crippen molar-refractivity contribution in [3.05, 3.63) is 34.3 Å². The molecule has 1 N–H and O–H groups in total. The van der Waals surface area contributed by atoms with Crippen molar-refractivity contribution in [1.29, 1.82) is 5.26 Å². The molecule has 2 heterocycles. The number of nitrogens with zero attached hydrogens (tertiary/aromatic N) is 2. The Balaban J connectivity index is 0.000000817. The molecule has 27 heavy (non-hydrogen) atoms. The summed E-state index contributed by atoms with van der Waals surface area (Å²) in [6.07, 6.45) is 3.02. The second-order valence-electron chi connectivity index (χ2n) is 7.31. The normalized spacial score (nSPS) is 12.7. The first-order chi connectivity index (χ1) is 12.8. The third kappa shape index (κ3) is 5.19. The molecule has 2 aromatic rings. The van der Waals surface area contributed by atoms with Crippen molar-refractivity contribution in [2.24, 2.45) is 5.41 Å². The van der Waals surface area contributed by atoms with Gasteiger partial charge in [-0.3, -0.25) is 4.79 Å². The zero-order valence-corrected chi connectivity index (χ0v) is 18.0. The van der Waals surface area contributed by atoms with Crippen molar-refractivity contribution < 1.29 is 9.90 Å². The van der Waals surface area contributed by atoms with Crippen LogP contribution in [0.4, 0.5) is 0 Å². The monoisotopic (exact) mass is 402 g/mol. The molecule has 0 radical (unpaired) electrons. The fourth-order valence-corrected chi connectivity index (χ4v) is 4.78. The Labute approximate surface area is 169 Å². The number of carbonyl (C=O) groups is 1. The van der Waals surface area contributed by atoms with Crippen LogP contribution in [0.15, 0.2) is 22.5 Å². The van der Waals surface area contributed by atoms with Crippen LogP contribution in [0, 0.1) is 16.7 Å². The molecule has 1 aliphatic rings. The first-order valence-electron chi connectivity index (χ1n) is 9.10. The van der Waals surface area contributed by atoms with E-state index in [1.165, 1.54) is 17.3 Å². The number of hydrogen-bond acceptors (Lipinski definition) is 6. The number of nitriles is 1. The van der Waals surface area contributed by atoms with Gasteiger partial charge in [0.2, 0.25) is 0 Å². The number of ketones is 1. The average molecular weight is 403 g/mol. The van der Waals surface area contributed by atoms with Gasteiger partial charge in [-0.1, -0.05) is 38.6 Å². The van der Waals surface area contributed by atoms with Gasteiger partial charge in [-0.15, -0.1) is 11.3 Å². The fourth-order valence-electron chi connectivity index (χ4n) is 2.81. The highest BCUT2D eigenvalue weighted by molar-refractivity contribution is 8.00. The fraction of sp³-hybridized carbons (Fsp3) is 0.476. The average Bonchev–Trinajstić information content (AvgIpc) is 3.29. The number of rotatable bonds is 4. The van der Waals surface area contributed by atoms with Gasteiger partial charge in [0.15, 0.2) is 0 Å². The van der Waals surface area contributed by atoms with Crippen LogP contribution in [0.5, 0.6) is 0 Å². The third-order valence-corrected chi connectivity index (χ3v) is 6.11. The lowest BCUT2D eigenvalue weighted by Crippen LogP contribution is -2.22. The molecule has 0 atom stereocenters. The van der Waals surface area contributed by atoms with E-state index in [0.717, 1.165) is 35.4 Å². The SMILES string of the molecule is CC(C)(C)C(=O)CSc1nc2c(c(-c3cccs3)c1C#N)CCC2.CCO. The highest BCUT2D eigenvalue weighted by atomic mass is 32.2. The van der Waals surface area contributed by atoms with Gasteiger partial charge in [0, 0.05) is 28.2 Å². The maximum absolute atomic E-state index is 12.3. The molecule has 0 fully saturated rings. The highest BCUT2D eigenvalue weighted by Crippen LogP contribution is 2.40. The Kier molecular flexibility index (Phi) is 7.60. The number of fused-ring (bicyclic) bond motifs is 1. The second-order valence-corrected chi connectivity index (χ2v) is 9.22. The summed E-state index contributed by atoms with van der Waals surface area (Å²) in [5, 5.41) is 20.1. The second kappa shape index (κ2) is 9.50. The summed E-state index contributed by atoms with van der Waals surface area (Å²) in [5.74, 6) is 0.532. The number of thiophene rings is 1. The Morgan fingerprint density at radius 1 is 1.41 bits per heavy atom. The summed E-state index contributed by atoms with van der Waals surface area (Å²) < 4.78 is 0. The van der Waals surface area contributed by atoms with Crippen LogP contribution < -0.4 is 0 Å². The molecule has 0 spiro atoms. The van der Waals surface area contributed by atoms with Crippen LogP contribution in [0.1, 0.15) is 50.9 Å². The number of hydrogen-bond donors (Lipinski definition) is 1. The molecule has 0 aliphatic heterocycles. The lowest BCUT2D eigenvalue weighted by Gasteiger charge is -2.17. The molecule has 0 amide bonds. The number of aliphatic hydroxyl groups excluding tert-OH is 1. The van der Waals surface area contributed by atoms with Gasteiger partial charge in [-0.05, 0) is 43.2 Å². The van der Waals surface area contributed by atoms with Gasteiger partial charge in [0.25, 0.3) is 0 Å². The summed E-state index contributed by atoms with van der Waals surface area (Å²) in [4.78, 5) is 18.1. The van der Waals surface area contributed by atoms with Crippen molar-refractivity contribution >= 4 is 28.9 Å². The smallest absolute Gasteiger partial charge is 0.148 e. The lowest BCUT2D eigenvalue weighted by atomic mass is 9.92. The van der Waals surface area contributed by atoms with Crippen LogP contribution >= 0.6 is 23.1 Å². The molecule has 0 bridgehead atoms. The number of aromatic nitrogens is 1. The van der Waals surface area contributed by atoms with E-state index in [1.807, 2.05) is 32.2 Å². The Hall–Kier alpha value is -1.68. The van der Waals surface area contributed by atoms with Gasteiger partial charge in [-0.25, -0.2) is 4.98 Å². The number of thioether (sulfide) groups is 1. The van der Waals surface area contributed by atoms with Crippen LogP contribution in [0.25, 0.3) is 10.4 Å². The molecule has 2 aromatic heterocycles. The lowest BCUT2D eigenvalue weighted by molar-refractivity contribution is -0.123. The predicted octanol–water partition coefficient (Wildman–Crippen LogP) is 4.88. The zero-order valence-electron chi connectivity index (χ0n) is 16.3. The maximum atomic E-state index is 12.3. The summed E-state index contributed by atoms with van der Waals surface area (Å²) in [5.41, 5.74) is 3.63. The molecule has 0 saturated carbocycles. The summed E-state index contributed by atoms with van der Waals surface area (Å²) in [6, 6.07) is 6.43. The summed E-state index contributed by atoms with van der Waals surface area (Å²) in [7, 11) is 0. The van der Waals surface area contributed by atoms with Crippen molar-refractivity contribution in [1.82, 2.24) is 4.98 Å². The molecule has 3 rings (SSSR count). The summed E-state index contributed by atoms with van der Waals surface area (Å²) >= 11 is 3.06. The van der Waals surface area contributed by atoms with Crippen molar-refractivity contribution in [3.8, 4) is 16.5 Å². The van der Waals surface area contributed by atoms with Crippen molar-refractivity contribution in [2.45, 2.75) is 52.0 Å². The molecular formula is C21H26N2O2S2. The topological polar surface area (TPSA) is 74.0 Å². The van der Waals surface area contributed by atoms with Crippen LogP contribution in [-0.4, -0.2) is 28.2 Å².